The highest BCUT2D eigenvalue weighted by atomic mass is 35.5. The third-order valence-corrected chi connectivity index (χ3v) is 4.33. The molecule has 0 aliphatic heterocycles. The minimum Gasteiger partial charge on any atom is -0.338 e. The van der Waals surface area contributed by atoms with Gasteiger partial charge in [-0.2, -0.15) is 4.98 Å². The van der Waals surface area contributed by atoms with E-state index >= 15 is 0 Å². The second-order valence-electron chi connectivity index (χ2n) is 3.98. The van der Waals surface area contributed by atoms with Gasteiger partial charge in [0.15, 0.2) is 5.82 Å². The van der Waals surface area contributed by atoms with Crippen LogP contribution in [0.15, 0.2) is 28.8 Å². The van der Waals surface area contributed by atoms with Gasteiger partial charge in [0.1, 0.15) is 5.25 Å². The first-order valence-electron chi connectivity index (χ1n) is 5.48. The molecule has 2 aromatic rings. The van der Waals surface area contributed by atoms with Crippen LogP contribution in [0.2, 0.25) is 5.02 Å². The van der Waals surface area contributed by atoms with Gasteiger partial charge in [-0.15, -0.1) is 0 Å². The summed E-state index contributed by atoms with van der Waals surface area (Å²) in [6.07, 6.45) is 0. The van der Waals surface area contributed by atoms with Crippen LogP contribution in [0.1, 0.15) is 29.5 Å². The number of aryl methyl sites for hydroxylation is 1. The van der Waals surface area contributed by atoms with Crippen LogP contribution in [0.3, 0.4) is 0 Å². The fourth-order valence-electron chi connectivity index (χ4n) is 1.51. The van der Waals surface area contributed by atoms with Crippen molar-refractivity contribution in [1.29, 1.82) is 0 Å². The SMILES string of the molecule is Cc1noc([C@H](C)[S@@](=O)Cc2cccc(Cl)c2)n1. The predicted octanol–water partition coefficient (Wildman–Crippen LogP) is 3.04. The van der Waals surface area contributed by atoms with E-state index in [1.54, 1.807) is 13.0 Å². The Hall–Kier alpha value is -1.20. The Morgan fingerprint density at radius 3 is 2.89 bits per heavy atom. The molecule has 4 nitrogen and oxygen atoms in total. The van der Waals surface area contributed by atoms with Gasteiger partial charge in [-0.25, -0.2) is 0 Å². The van der Waals surface area contributed by atoms with Crippen LogP contribution in [0.5, 0.6) is 0 Å². The van der Waals surface area contributed by atoms with Gasteiger partial charge in [0.2, 0.25) is 5.89 Å². The smallest absolute Gasteiger partial charge is 0.242 e. The van der Waals surface area contributed by atoms with E-state index in [9.17, 15) is 4.21 Å². The first-order valence-corrected chi connectivity index (χ1v) is 7.24. The van der Waals surface area contributed by atoms with Crippen LogP contribution in [-0.2, 0) is 16.6 Å². The van der Waals surface area contributed by atoms with Gasteiger partial charge in [-0.05, 0) is 31.5 Å². The zero-order valence-electron chi connectivity index (χ0n) is 10.1. The summed E-state index contributed by atoms with van der Waals surface area (Å²) in [5.74, 6) is 1.38. The van der Waals surface area contributed by atoms with Gasteiger partial charge in [0.25, 0.3) is 0 Å². The minimum atomic E-state index is -1.12. The van der Waals surface area contributed by atoms with E-state index in [-0.39, 0.29) is 5.25 Å². The number of hydrogen-bond donors (Lipinski definition) is 0. The highest BCUT2D eigenvalue weighted by molar-refractivity contribution is 7.84. The molecule has 1 aromatic carbocycles. The van der Waals surface area contributed by atoms with E-state index in [2.05, 4.69) is 10.1 Å². The molecule has 0 saturated heterocycles. The van der Waals surface area contributed by atoms with Crippen LogP contribution in [0.25, 0.3) is 0 Å². The van der Waals surface area contributed by atoms with Gasteiger partial charge in [-0.1, -0.05) is 28.9 Å². The summed E-state index contributed by atoms with van der Waals surface area (Å²) in [6, 6.07) is 7.34. The summed E-state index contributed by atoms with van der Waals surface area (Å²) >= 11 is 5.89. The van der Waals surface area contributed by atoms with Crippen molar-refractivity contribution in [2.75, 3.05) is 0 Å². The number of aromatic nitrogens is 2. The first-order chi connectivity index (χ1) is 8.56. The maximum Gasteiger partial charge on any atom is 0.242 e. The van der Waals surface area contributed by atoms with Gasteiger partial charge in [-0.3, -0.25) is 4.21 Å². The van der Waals surface area contributed by atoms with E-state index in [1.165, 1.54) is 0 Å². The fourth-order valence-corrected chi connectivity index (χ4v) is 2.80. The summed E-state index contributed by atoms with van der Waals surface area (Å²) in [5.41, 5.74) is 0.934. The van der Waals surface area contributed by atoms with Crippen molar-refractivity contribution in [2.45, 2.75) is 24.9 Å². The molecule has 0 radical (unpaired) electrons. The molecular weight excluding hydrogens is 272 g/mol. The number of benzene rings is 1. The summed E-state index contributed by atoms with van der Waals surface area (Å²) in [7, 11) is -1.12. The average Bonchev–Trinajstić information content (AvgIpc) is 2.75. The summed E-state index contributed by atoms with van der Waals surface area (Å²) in [6.45, 7) is 3.55. The Labute approximate surface area is 113 Å². The lowest BCUT2D eigenvalue weighted by molar-refractivity contribution is 0.375. The molecule has 1 heterocycles. The molecule has 0 saturated carbocycles. The van der Waals surface area contributed by atoms with Crippen molar-refractivity contribution in [1.82, 2.24) is 10.1 Å². The molecule has 2 rings (SSSR count). The molecule has 18 heavy (non-hydrogen) atoms. The van der Waals surface area contributed by atoms with Gasteiger partial charge >= 0.3 is 0 Å². The van der Waals surface area contributed by atoms with E-state index in [0.717, 1.165) is 5.56 Å². The highest BCUT2D eigenvalue weighted by Gasteiger charge is 2.19. The largest absolute Gasteiger partial charge is 0.338 e. The van der Waals surface area contributed by atoms with Crippen molar-refractivity contribution in [3.05, 3.63) is 46.6 Å². The number of halogens is 1. The van der Waals surface area contributed by atoms with Gasteiger partial charge in [0.05, 0.1) is 0 Å². The molecule has 0 N–H and O–H groups in total. The first kappa shape index (κ1) is 13.2. The van der Waals surface area contributed by atoms with Crippen molar-refractivity contribution < 1.29 is 8.73 Å². The molecule has 0 spiro atoms. The lowest BCUT2D eigenvalue weighted by Crippen LogP contribution is -2.05. The zero-order valence-corrected chi connectivity index (χ0v) is 11.7. The standard InChI is InChI=1S/C12H13ClN2O2S/c1-8(12-14-9(2)15-17-12)18(16)7-10-4-3-5-11(13)6-10/h3-6,8H,7H2,1-2H3/t8-,18-/m0/s1. The summed E-state index contributed by atoms with van der Waals surface area (Å²) < 4.78 is 17.2. The maximum absolute atomic E-state index is 12.2. The molecule has 6 heteroatoms. The molecule has 96 valence electrons. The molecule has 2 atom stereocenters. The van der Waals surface area contributed by atoms with Crippen LogP contribution in [0.4, 0.5) is 0 Å². The molecule has 0 amide bonds. The molecule has 0 fully saturated rings. The quantitative estimate of drug-likeness (QED) is 0.866. The summed E-state index contributed by atoms with van der Waals surface area (Å²) in [5, 5.41) is 4.06. The molecular formula is C12H13ClN2O2S. The zero-order chi connectivity index (χ0) is 13.1. The third kappa shape index (κ3) is 3.17. The Balaban J connectivity index is 2.08. The Kier molecular flexibility index (Phi) is 4.14. The normalized spacial score (nSPS) is 14.4. The highest BCUT2D eigenvalue weighted by Crippen LogP contribution is 2.21. The summed E-state index contributed by atoms with van der Waals surface area (Å²) in [4.78, 5) is 4.09. The Bertz CT molecular complexity index is 571. The number of rotatable bonds is 4. The van der Waals surface area contributed by atoms with Crippen molar-refractivity contribution in [2.24, 2.45) is 0 Å². The fraction of sp³-hybridized carbons (Fsp3) is 0.333. The van der Waals surface area contributed by atoms with Gasteiger partial charge in [0, 0.05) is 21.6 Å². The molecule has 0 unspecified atom stereocenters. The number of hydrogen-bond acceptors (Lipinski definition) is 4. The topological polar surface area (TPSA) is 56.0 Å². The van der Waals surface area contributed by atoms with E-state index in [4.69, 9.17) is 16.1 Å². The Morgan fingerprint density at radius 1 is 1.50 bits per heavy atom. The molecule has 0 aliphatic rings. The van der Waals surface area contributed by atoms with Crippen LogP contribution >= 0.6 is 11.6 Å². The Morgan fingerprint density at radius 2 is 2.28 bits per heavy atom. The van der Waals surface area contributed by atoms with E-state index < -0.39 is 10.8 Å². The average molecular weight is 285 g/mol. The monoisotopic (exact) mass is 284 g/mol. The lowest BCUT2D eigenvalue weighted by Gasteiger charge is -2.07. The van der Waals surface area contributed by atoms with E-state index in [1.807, 2.05) is 25.1 Å². The van der Waals surface area contributed by atoms with Gasteiger partial charge < -0.3 is 4.52 Å². The molecule has 0 aliphatic carbocycles. The van der Waals surface area contributed by atoms with Crippen LogP contribution in [0, 0.1) is 6.92 Å². The van der Waals surface area contributed by atoms with Crippen molar-refractivity contribution in [3.63, 3.8) is 0 Å². The third-order valence-electron chi connectivity index (χ3n) is 2.48. The van der Waals surface area contributed by atoms with Crippen molar-refractivity contribution in [3.8, 4) is 0 Å². The van der Waals surface area contributed by atoms with Crippen LogP contribution < -0.4 is 0 Å². The van der Waals surface area contributed by atoms with Crippen molar-refractivity contribution >= 4 is 22.4 Å². The van der Waals surface area contributed by atoms with E-state index in [0.29, 0.717) is 22.5 Å². The second kappa shape index (κ2) is 5.63. The van der Waals surface area contributed by atoms with Crippen LogP contribution in [-0.4, -0.2) is 14.3 Å². The minimum absolute atomic E-state index is 0.287. The maximum atomic E-state index is 12.2. The molecule has 1 aromatic heterocycles. The lowest BCUT2D eigenvalue weighted by atomic mass is 10.2. The second-order valence-corrected chi connectivity index (χ2v) is 6.17. The number of nitrogens with zero attached hydrogens (tertiary/aromatic N) is 2. The molecule has 0 bridgehead atoms. The predicted molar refractivity (Wildman–Crippen MR) is 70.7 cm³/mol.